The maximum atomic E-state index is 12.5. The van der Waals surface area contributed by atoms with Gasteiger partial charge in [-0.15, -0.1) is 0 Å². The summed E-state index contributed by atoms with van der Waals surface area (Å²) < 4.78 is 37.5. The Bertz CT molecular complexity index is 585. The van der Waals surface area contributed by atoms with Gasteiger partial charge in [0.1, 0.15) is 10.8 Å². The summed E-state index contributed by atoms with van der Waals surface area (Å²) in [6.07, 6.45) is -0.0428. The van der Waals surface area contributed by atoms with E-state index in [0.29, 0.717) is 17.4 Å². The maximum absolute atomic E-state index is 12.5. The van der Waals surface area contributed by atoms with E-state index in [1.165, 1.54) is 6.07 Å². The Labute approximate surface area is 125 Å². The summed E-state index contributed by atoms with van der Waals surface area (Å²) in [5.74, 6) is 0. The molecule has 0 bridgehead atoms. The number of aryl methyl sites for hydroxylation is 1. The van der Waals surface area contributed by atoms with Crippen molar-refractivity contribution in [1.82, 2.24) is 9.97 Å². The molecule has 0 fully saturated rings. The number of nitrogens with zero attached hydrogens (tertiary/aromatic N) is 2. The molecule has 0 spiro atoms. The highest BCUT2D eigenvalue weighted by atomic mass is 35.5. The lowest BCUT2D eigenvalue weighted by Gasteiger charge is -2.09. The van der Waals surface area contributed by atoms with Gasteiger partial charge in [0.15, 0.2) is 0 Å². The van der Waals surface area contributed by atoms with Gasteiger partial charge in [-0.1, -0.05) is 17.7 Å². The first-order valence-corrected chi connectivity index (χ1v) is 6.70. The van der Waals surface area contributed by atoms with E-state index in [1.807, 2.05) is 6.07 Å². The van der Waals surface area contributed by atoms with Crippen molar-refractivity contribution in [1.29, 1.82) is 0 Å². The molecule has 2 aromatic heterocycles. The second-order valence-corrected chi connectivity index (χ2v) is 4.83. The average Bonchev–Trinajstić information content (AvgIpc) is 2.45. The van der Waals surface area contributed by atoms with Gasteiger partial charge in [-0.05, 0) is 36.6 Å². The highest BCUT2D eigenvalue weighted by Crippen LogP contribution is 2.28. The molecular formula is C14H13ClF3N3. The third kappa shape index (κ3) is 4.90. The molecule has 0 unspecified atom stereocenters. The molecule has 2 aromatic rings. The van der Waals surface area contributed by atoms with Gasteiger partial charge in [0.25, 0.3) is 0 Å². The molecule has 21 heavy (non-hydrogen) atoms. The van der Waals surface area contributed by atoms with E-state index in [9.17, 15) is 13.2 Å². The first-order chi connectivity index (χ1) is 9.95. The third-order valence-corrected chi connectivity index (χ3v) is 3.03. The van der Waals surface area contributed by atoms with E-state index in [2.05, 4.69) is 15.3 Å². The second-order valence-electron chi connectivity index (χ2n) is 4.45. The van der Waals surface area contributed by atoms with Crippen LogP contribution in [-0.2, 0) is 12.6 Å². The fourth-order valence-electron chi connectivity index (χ4n) is 1.78. The minimum atomic E-state index is -4.42. The molecule has 0 atom stereocenters. The fraction of sp³-hybridized carbons (Fsp3) is 0.286. The van der Waals surface area contributed by atoms with Crippen molar-refractivity contribution in [2.75, 3.05) is 11.9 Å². The van der Waals surface area contributed by atoms with Gasteiger partial charge in [-0.25, -0.2) is 4.98 Å². The van der Waals surface area contributed by atoms with Gasteiger partial charge < -0.3 is 5.32 Å². The van der Waals surface area contributed by atoms with E-state index in [1.54, 1.807) is 12.3 Å². The van der Waals surface area contributed by atoms with Gasteiger partial charge in [-0.2, -0.15) is 13.2 Å². The lowest BCUT2D eigenvalue weighted by molar-refractivity contribution is -0.141. The van der Waals surface area contributed by atoms with Crippen molar-refractivity contribution in [3.63, 3.8) is 0 Å². The third-order valence-electron chi connectivity index (χ3n) is 2.81. The van der Waals surface area contributed by atoms with Gasteiger partial charge >= 0.3 is 6.18 Å². The molecule has 7 heteroatoms. The topological polar surface area (TPSA) is 37.8 Å². The van der Waals surface area contributed by atoms with E-state index >= 15 is 0 Å². The van der Waals surface area contributed by atoms with Crippen LogP contribution in [0.2, 0.25) is 5.15 Å². The number of halogens is 4. The summed E-state index contributed by atoms with van der Waals surface area (Å²) in [6, 6.07) is 6.11. The maximum Gasteiger partial charge on any atom is 0.433 e. The molecule has 0 aromatic carbocycles. The summed E-state index contributed by atoms with van der Waals surface area (Å²) in [4.78, 5) is 7.28. The number of hydrogen-bond acceptors (Lipinski definition) is 3. The summed E-state index contributed by atoms with van der Waals surface area (Å²) in [5, 5.41) is 3.39. The Hall–Kier alpha value is -1.82. The van der Waals surface area contributed by atoms with Crippen molar-refractivity contribution in [2.24, 2.45) is 0 Å². The lowest BCUT2D eigenvalue weighted by Crippen LogP contribution is -2.09. The number of nitrogens with one attached hydrogen (secondary N) is 1. The molecular weight excluding hydrogens is 303 g/mol. The summed E-state index contributed by atoms with van der Waals surface area (Å²) in [6.45, 7) is 0.559. The van der Waals surface area contributed by atoms with Crippen LogP contribution in [0.4, 0.5) is 18.9 Å². The van der Waals surface area contributed by atoms with Crippen LogP contribution in [0.25, 0.3) is 0 Å². The Balaban J connectivity index is 1.82. The molecule has 2 heterocycles. The molecule has 0 aliphatic rings. The number of pyridine rings is 2. The zero-order valence-corrected chi connectivity index (χ0v) is 11.7. The number of alkyl halides is 3. The normalized spacial score (nSPS) is 11.4. The van der Waals surface area contributed by atoms with Crippen molar-refractivity contribution < 1.29 is 13.2 Å². The van der Waals surface area contributed by atoms with Crippen LogP contribution in [0.1, 0.15) is 17.7 Å². The zero-order valence-electron chi connectivity index (χ0n) is 11.0. The van der Waals surface area contributed by atoms with Crippen molar-refractivity contribution in [3.8, 4) is 0 Å². The van der Waals surface area contributed by atoms with Crippen LogP contribution in [0.15, 0.2) is 36.7 Å². The Kier molecular flexibility index (Phi) is 5.01. The molecule has 0 saturated carbocycles. The number of hydrogen-bond donors (Lipinski definition) is 1. The number of rotatable bonds is 5. The van der Waals surface area contributed by atoms with E-state index < -0.39 is 11.9 Å². The van der Waals surface area contributed by atoms with Gasteiger partial charge in [-0.3, -0.25) is 4.98 Å². The predicted molar refractivity (Wildman–Crippen MR) is 75.3 cm³/mol. The van der Waals surface area contributed by atoms with Crippen LogP contribution in [0, 0.1) is 0 Å². The van der Waals surface area contributed by atoms with Crippen molar-refractivity contribution in [3.05, 3.63) is 53.1 Å². The molecule has 112 valence electrons. The van der Waals surface area contributed by atoms with Crippen LogP contribution >= 0.6 is 11.6 Å². The highest BCUT2D eigenvalue weighted by Gasteiger charge is 2.32. The van der Waals surface area contributed by atoms with Gasteiger partial charge in [0.05, 0.1) is 0 Å². The molecule has 0 saturated heterocycles. The largest absolute Gasteiger partial charge is 0.433 e. The molecule has 1 N–H and O–H groups in total. The molecule has 0 radical (unpaired) electrons. The molecule has 0 amide bonds. The van der Waals surface area contributed by atoms with Crippen molar-refractivity contribution >= 4 is 17.3 Å². The van der Waals surface area contributed by atoms with E-state index in [0.717, 1.165) is 30.7 Å². The van der Waals surface area contributed by atoms with E-state index in [4.69, 9.17) is 11.6 Å². The minimum Gasteiger partial charge on any atom is -0.385 e. The Morgan fingerprint density at radius 2 is 1.95 bits per heavy atom. The first kappa shape index (κ1) is 15.6. The van der Waals surface area contributed by atoms with Gasteiger partial charge in [0, 0.05) is 24.6 Å². The SMILES string of the molecule is FC(F)(F)c1cc(NCCCc2ccc(Cl)nc2)ccn1. The van der Waals surface area contributed by atoms with Crippen molar-refractivity contribution in [2.45, 2.75) is 19.0 Å². The summed E-state index contributed by atoms with van der Waals surface area (Å²) in [7, 11) is 0. The minimum absolute atomic E-state index is 0.409. The standard InChI is InChI=1S/C14H13ClF3N3/c15-13-4-3-10(9-21-13)2-1-6-19-11-5-7-20-12(8-11)14(16,17)18/h3-5,7-9H,1-2,6H2,(H,19,20). The van der Waals surface area contributed by atoms with Gasteiger partial charge in [0.2, 0.25) is 0 Å². The summed E-state index contributed by atoms with van der Waals surface area (Å²) >= 11 is 5.68. The number of aromatic nitrogens is 2. The molecule has 3 nitrogen and oxygen atoms in total. The summed E-state index contributed by atoms with van der Waals surface area (Å²) in [5.41, 5.74) is 0.549. The van der Waals surface area contributed by atoms with Crippen LogP contribution in [-0.4, -0.2) is 16.5 Å². The molecule has 2 rings (SSSR count). The van der Waals surface area contributed by atoms with Crippen LogP contribution in [0.5, 0.6) is 0 Å². The van der Waals surface area contributed by atoms with Crippen LogP contribution in [0.3, 0.4) is 0 Å². The highest BCUT2D eigenvalue weighted by molar-refractivity contribution is 6.29. The second kappa shape index (κ2) is 6.76. The van der Waals surface area contributed by atoms with E-state index in [-0.39, 0.29) is 0 Å². The fourth-order valence-corrected chi connectivity index (χ4v) is 1.89. The smallest absolute Gasteiger partial charge is 0.385 e. The molecule has 0 aliphatic carbocycles. The predicted octanol–water partition coefficient (Wildman–Crippen LogP) is 4.19. The quantitative estimate of drug-likeness (QED) is 0.664. The monoisotopic (exact) mass is 315 g/mol. The lowest BCUT2D eigenvalue weighted by atomic mass is 10.1. The Morgan fingerprint density at radius 1 is 1.14 bits per heavy atom. The van der Waals surface area contributed by atoms with Crippen LogP contribution < -0.4 is 5.32 Å². The Morgan fingerprint density at radius 3 is 2.62 bits per heavy atom. The molecule has 0 aliphatic heterocycles. The number of anilines is 1. The average molecular weight is 316 g/mol. The first-order valence-electron chi connectivity index (χ1n) is 6.33. The zero-order chi connectivity index (χ0) is 15.3.